The van der Waals surface area contributed by atoms with Crippen molar-refractivity contribution in [3.63, 3.8) is 0 Å². The Kier molecular flexibility index (Phi) is 6.70. The van der Waals surface area contributed by atoms with Gasteiger partial charge in [-0.3, -0.25) is 4.79 Å². The number of carbonyl (C=O) groups is 1. The minimum atomic E-state index is -0.995. The number of aromatic carboxylic acids is 1. The van der Waals surface area contributed by atoms with E-state index in [1.807, 2.05) is 57.3 Å². The van der Waals surface area contributed by atoms with Crippen LogP contribution in [0.5, 0.6) is 0 Å². The van der Waals surface area contributed by atoms with Crippen LogP contribution in [-0.2, 0) is 0 Å². The van der Waals surface area contributed by atoms with Gasteiger partial charge in [0.15, 0.2) is 5.43 Å². The summed E-state index contributed by atoms with van der Waals surface area (Å²) in [5, 5.41) is 13.5. The average Bonchev–Trinajstić information content (AvgIpc) is 2.91. The van der Waals surface area contributed by atoms with Gasteiger partial charge in [0.1, 0.15) is 17.2 Å². The van der Waals surface area contributed by atoms with Gasteiger partial charge in [-0.25, -0.2) is 9.78 Å². The molecular weight excluding hydrogens is 466 g/mol. The number of rotatable bonds is 6. The number of anilines is 2. The molecule has 1 aliphatic heterocycles. The number of nitrogens with zero attached hydrogens (tertiary/aromatic N) is 2. The molecule has 4 aromatic rings. The molecule has 190 valence electrons. The zero-order valence-corrected chi connectivity index (χ0v) is 21.3. The molecule has 2 aromatic carbocycles. The van der Waals surface area contributed by atoms with E-state index in [0.29, 0.717) is 22.2 Å². The SMILES string of the molecule is Cc1cc(C(C)Nc2ccccc2C(=O)O)c2oc(C3CCN(c4ccccn4)CC3)c(C)c(=O)c2c1. The molecule has 7 nitrogen and oxygen atoms in total. The summed E-state index contributed by atoms with van der Waals surface area (Å²) in [5.74, 6) is 0.867. The van der Waals surface area contributed by atoms with Crippen LogP contribution in [0.3, 0.4) is 0 Å². The first-order valence-corrected chi connectivity index (χ1v) is 12.7. The Morgan fingerprint density at radius 3 is 2.54 bits per heavy atom. The highest BCUT2D eigenvalue weighted by Gasteiger charge is 2.27. The number of carboxylic acids is 1. The fourth-order valence-electron chi connectivity index (χ4n) is 5.31. The molecule has 1 fully saturated rings. The molecule has 5 rings (SSSR count). The van der Waals surface area contributed by atoms with Crippen LogP contribution in [0, 0.1) is 13.8 Å². The monoisotopic (exact) mass is 497 g/mol. The molecule has 3 heterocycles. The summed E-state index contributed by atoms with van der Waals surface area (Å²) in [6.45, 7) is 7.45. The van der Waals surface area contributed by atoms with Crippen LogP contribution in [0.2, 0.25) is 0 Å². The second-order valence-electron chi connectivity index (χ2n) is 9.82. The summed E-state index contributed by atoms with van der Waals surface area (Å²) >= 11 is 0. The van der Waals surface area contributed by atoms with Crippen molar-refractivity contribution < 1.29 is 14.3 Å². The molecule has 2 aromatic heterocycles. The fourth-order valence-corrected chi connectivity index (χ4v) is 5.31. The van der Waals surface area contributed by atoms with Crippen molar-refractivity contribution in [2.45, 2.75) is 45.6 Å². The van der Waals surface area contributed by atoms with Crippen molar-refractivity contribution in [3.05, 3.63) is 99.0 Å². The number of hydrogen-bond acceptors (Lipinski definition) is 6. The number of pyridine rings is 1. The fraction of sp³-hybridized carbons (Fsp3) is 0.300. The summed E-state index contributed by atoms with van der Waals surface area (Å²) in [6, 6.07) is 16.4. The number of aryl methyl sites for hydroxylation is 1. The number of piperidine rings is 1. The minimum absolute atomic E-state index is 0.00788. The van der Waals surface area contributed by atoms with Crippen LogP contribution in [0.4, 0.5) is 11.5 Å². The maximum atomic E-state index is 13.5. The lowest BCUT2D eigenvalue weighted by atomic mass is 9.90. The summed E-state index contributed by atoms with van der Waals surface area (Å²) in [6.07, 6.45) is 3.54. The van der Waals surface area contributed by atoms with E-state index in [1.54, 1.807) is 24.3 Å². The number of aromatic nitrogens is 1. The second-order valence-corrected chi connectivity index (χ2v) is 9.82. The zero-order chi connectivity index (χ0) is 26.1. The highest BCUT2D eigenvalue weighted by Crippen LogP contribution is 2.35. The number of benzene rings is 2. The van der Waals surface area contributed by atoms with E-state index in [-0.39, 0.29) is 23.0 Å². The zero-order valence-electron chi connectivity index (χ0n) is 21.3. The summed E-state index contributed by atoms with van der Waals surface area (Å²) in [4.78, 5) is 32.0. The topological polar surface area (TPSA) is 95.7 Å². The van der Waals surface area contributed by atoms with E-state index in [9.17, 15) is 14.7 Å². The van der Waals surface area contributed by atoms with Crippen LogP contribution in [0.1, 0.15) is 64.5 Å². The largest absolute Gasteiger partial charge is 0.478 e. The number of fused-ring (bicyclic) bond motifs is 1. The molecule has 1 atom stereocenters. The van der Waals surface area contributed by atoms with E-state index in [2.05, 4.69) is 15.2 Å². The molecular formula is C30H31N3O4. The summed E-state index contributed by atoms with van der Waals surface area (Å²) in [5.41, 5.74) is 3.72. The van der Waals surface area contributed by atoms with Gasteiger partial charge in [0.05, 0.1) is 17.0 Å². The molecule has 1 saturated heterocycles. The minimum Gasteiger partial charge on any atom is -0.478 e. The molecule has 1 unspecified atom stereocenters. The third-order valence-corrected chi connectivity index (χ3v) is 7.26. The Hall–Kier alpha value is -4.13. The Morgan fingerprint density at radius 1 is 1.11 bits per heavy atom. The standard InChI is InChI=1S/C30H31N3O4/c1-18-16-23(20(3)32-25-9-5-4-8-22(25)30(35)36)29-24(17-18)27(34)19(2)28(37-29)21-11-14-33(15-12-21)26-10-6-7-13-31-26/h4-10,13,16-17,20-21,32H,11-12,14-15H2,1-3H3,(H,35,36). The van der Waals surface area contributed by atoms with Crippen LogP contribution in [0.25, 0.3) is 11.0 Å². The average molecular weight is 498 g/mol. The van der Waals surface area contributed by atoms with Crippen molar-refractivity contribution in [2.75, 3.05) is 23.3 Å². The van der Waals surface area contributed by atoms with Gasteiger partial charge >= 0.3 is 5.97 Å². The van der Waals surface area contributed by atoms with Crippen LogP contribution in [-0.4, -0.2) is 29.1 Å². The molecule has 0 aliphatic carbocycles. The van der Waals surface area contributed by atoms with E-state index < -0.39 is 5.97 Å². The maximum Gasteiger partial charge on any atom is 0.337 e. The van der Waals surface area contributed by atoms with Crippen LogP contribution < -0.4 is 15.6 Å². The number of carboxylic acid groups (broad SMARTS) is 1. The Morgan fingerprint density at radius 2 is 1.84 bits per heavy atom. The van der Waals surface area contributed by atoms with Gasteiger partial charge in [0, 0.05) is 42.0 Å². The molecule has 0 amide bonds. The van der Waals surface area contributed by atoms with Crippen molar-refractivity contribution >= 4 is 28.4 Å². The quantitative estimate of drug-likeness (QED) is 0.334. The van der Waals surface area contributed by atoms with E-state index >= 15 is 0 Å². The molecule has 2 N–H and O–H groups in total. The second kappa shape index (κ2) is 10.1. The lowest BCUT2D eigenvalue weighted by Crippen LogP contribution is -2.34. The highest BCUT2D eigenvalue weighted by molar-refractivity contribution is 5.94. The van der Waals surface area contributed by atoms with E-state index in [1.165, 1.54) is 0 Å². The Balaban J connectivity index is 1.50. The molecule has 0 bridgehead atoms. The predicted octanol–water partition coefficient (Wildman–Crippen LogP) is 6.06. The van der Waals surface area contributed by atoms with Gasteiger partial charge in [-0.15, -0.1) is 0 Å². The smallest absolute Gasteiger partial charge is 0.337 e. The van der Waals surface area contributed by atoms with Crippen molar-refractivity contribution in [3.8, 4) is 0 Å². The molecule has 1 aliphatic rings. The molecule has 0 radical (unpaired) electrons. The normalized spacial score (nSPS) is 15.1. The lowest BCUT2D eigenvalue weighted by molar-refractivity contribution is 0.0698. The van der Waals surface area contributed by atoms with Crippen LogP contribution in [0.15, 0.2) is 70.0 Å². The summed E-state index contributed by atoms with van der Waals surface area (Å²) in [7, 11) is 0. The van der Waals surface area contributed by atoms with Gasteiger partial charge in [0.25, 0.3) is 0 Å². The molecule has 0 saturated carbocycles. The predicted molar refractivity (Wildman–Crippen MR) is 146 cm³/mol. The first-order valence-electron chi connectivity index (χ1n) is 12.7. The molecule has 0 spiro atoms. The molecule has 37 heavy (non-hydrogen) atoms. The van der Waals surface area contributed by atoms with Gasteiger partial charge in [-0.2, -0.15) is 0 Å². The Labute approximate surface area is 215 Å². The first-order chi connectivity index (χ1) is 17.8. The van der Waals surface area contributed by atoms with Crippen LogP contribution >= 0.6 is 0 Å². The first kappa shape index (κ1) is 24.6. The van der Waals surface area contributed by atoms with Gasteiger partial charge < -0.3 is 19.7 Å². The van der Waals surface area contributed by atoms with Crippen molar-refractivity contribution in [1.29, 1.82) is 0 Å². The van der Waals surface area contributed by atoms with Crippen molar-refractivity contribution in [1.82, 2.24) is 4.98 Å². The lowest BCUT2D eigenvalue weighted by Gasteiger charge is -2.32. The number of para-hydroxylation sites is 1. The van der Waals surface area contributed by atoms with Crippen molar-refractivity contribution in [2.24, 2.45) is 0 Å². The third kappa shape index (κ3) is 4.81. The van der Waals surface area contributed by atoms with Gasteiger partial charge in [0.2, 0.25) is 0 Å². The van der Waals surface area contributed by atoms with Gasteiger partial charge in [-0.1, -0.05) is 24.3 Å². The number of hydrogen-bond donors (Lipinski definition) is 2. The van der Waals surface area contributed by atoms with E-state index in [4.69, 9.17) is 4.42 Å². The highest BCUT2D eigenvalue weighted by atomic mass is 16.4. The summed E-state index contributed by atoms with van der Waals surface area (Å²) < 4.78 is 6.59. The number of nitrogens with one attached hydrogen (secondary N) is 1. The van der Waals surface area contributed by atoms with E-state index in [0.717, 1.165) is 48.6 Å². The Bertz CT molecular complexity index is 1510. The molecule has 7 heteroatoms. The van der Waals surface area contributed by atoms with Gasteiger partial charge in [-0.05, 0) is 69.5 Å². The maximum absolute atomic E-state index is 13.5. The third-order valence-electron chi connectivity index (χ3n) is 7.26.